The molecule has 17 heavy (non-hydrogen) atoms. The maximum atomic E-state index is 5.64. The zero-order valence-corrected chi connectivity index (χ0v) is 12.5. The highest BCUT2D eigenvalue weighted by molar-refractivity contribution is 9.11. The zero-order chi connectivity index (χ0) is 12.4. The molecule has 2 aromatic rings. The molecular formula is C11H12Br2N4. The van der Waals surface area contributed by atoms with E-state index in [1.807, 2.05) is 22.8 Å². The van der Waals surface area contributed by atoms with Gasteiger partial charge < -0.3 is 10.3 Å². The molecule has 2 N–H and O–H groups in total. The summed E-state index contributed by atoms with van der Waals surface area (Å²) in [6.45, 7) is 3.26. The van der Waals surface area contributed by atoms with Crippen molar-refractivity contribution in [2.24, 2.45) is 5.73 Å². The first-order chi connectivity index (χ1) is 8.17. The molecule has 4 nitrogen and oxygen atoms in total. The maximum Gasteiger partial charge on any atom is 0.165 e. The SMILES string of the molecule is CCn1c(CN)nnc1-c1ccc(Br)cc1Br. The van der Waals surface area contributed by atoms with Crippen molar-refractivity contribution in [1.29, 1.82) is 0 Å². The first-order valence-corrected chi connectivity index (χ1v) is 6.83. The number of hydrogen-bond donors (Lipinski definition) is 1. The van der Waals surface area contributed by atoms with E-state index in [9.17, 15) is 0 Å². The highest BCUT2D eigenvalue weighted by Crippen LogP contribution is 2.29. The monoisotopic (exact) mass is 358 g/mol. The van der Waals surface area contributed by atoms with Crippen molar-refractivity contribution in [3.8, 4) is 11.4 Å². The average Bonchev–Trinajstić information content (AvgIpc) is 2.71. The van der Waals surface area contributed by atoms with Gasteiger partial charge in [-0.2, -0.15) is 0 Å². The number of nitrogens with two attached hydrogens (primary N) is 1. The van der Waals surface area contributed by atoms with Gasteiger partial charge in [0.25, 0.3) is 0 Å². The van der Waals surface area contributed by atoms with E-state index in [-0.39, 0.29) is 0 Å². The first-order valence-electron chi connectivity index (χ1n) is 5.25. The molecule has 0 amide bonds. The van der Waals surface area contributed by atoms with Gasteiger partial charge in [-0.25, -0.2) is 0 Å². The Kier molecular flexibility index (Phi) is 3.96. The van der Waals surface area contributed by atoms with Crippen molar-refractivity contribution in [3.05, 3.63) is 33.0 Å². The maximum absolute atomic E-state index is 5.64. The van der Waals surface area contributed by atoms with E-state index >= 15 is 0 Å². The molecule has 6 heteroatoms. The largest absolute Gasteiger partial charge is 0.324 e. The van der Waals surface area contributed by atoms with Crippen LogP contribution in [0.3, 0.4) is 0 Å². The van der Waals surface area contributed by atoms with Gasteiger partial charge >= 0.3 is 0 Å². The van der Waals surface area contributed by atoms with E-state index in [2.05, 4.69) is 49.0 Å². The van der Waals surface area contributed by atoms with Gasteiger partial charge in [-0.15, -0.1) is 10.2 Å². The van der Waals surface area contributed by atoms with Gasteiger partial charge in [0.05, 0.1) is 6.54 Å². The smallest absolute Gasteiger partial charge is 0.165 e. The predicted molar refractivity (Wildman–Crippen MR) is 74.4 cm³/mol. The average molecular weight is 360 g/mol. The third-order valence-electron chi connectivity index (χ3n) is 2.50. The Morgan fingerprint density at radius 2 is 2.06 bits per heavy atom. The van der Waals surface area contributed by atoms with Crippen LogP contribution in [-0.4, -0.2) is 14.8 Å². The van der Waals surface area contributed by atoms with Crippen LogP contribution in [0.4, 0.5) is 0 Å². The van der Waals surface area contributed by atoms with Crippen molar-refractivity contribution in [2.45, 2.75) is 20.0 Å². The quantitative estimate of drug-likeness (QED) is 0.916. The molecule has 0 radical (unpaired) electrons. The van der Waals surface area contributed by atoms with Crippen LogP contribution in [0.2, 0.25) is 0 Å². The molecule has 0 spiro atoms. The first kappa shape index (κ1) is 12.7. The Bertz CT molecular complexity index is 536. The normalized spacial score (nSPS) is 10.8. The van der Waals surface area contributed by atoms with Gasteiger partial charge in [0.2, 0.25) is 0 Å². The van der Waals surface area contributed by atoms with Gasteiger partial charge in [-0.1, -0.05) is 15.9 Å². The second kappa shape index (κ2) is 5.29. The molecule has 1 aromatic carbocycles. The van der Waals surface area contributed by atoms with Crippen LogP contribution >= 0.6 is 31.9 Å². The minimum Gasteiger partial charge on any atom is -0.324 e. The molecule has 0 atom stereocenters. The molecule has 0 saturated carbocycles. The number of hydrogen-bond acceptors (Lipinski definition) is 3. The summed E-state index contributed by atoms with van der Waals surface area (Å²) in [5, 5.41) is 8.31. The van der Waals surface area contributed by atoms with Gasteiger partial charge in [0, 0.05) is 21.1 Å². The van der Waals surface area contributed by atoms with E-state index in [0.717, 1.165) is 32.7 Å². The van der Waals surface area contributed by atoms with Crippen LogP contribution in [0.5, 0.6) is 0 Å². The highest BCUT2D eigenvalue weighted by Gasteiger charge is 2.13. The van der Waals surface area contributed by atoms with Crippen molar-refractivity contribution in [3.63, 3.8) is 0 Å². The van der Waals surface area contributed by atoms with E-state index in [1.165, 1.54) is 0 Å². The summed E-state index contributed by atoms with van der Waals surface area (Å²) >= 11 is 6.97. The second-order valence-electron chi connectivity index (χ2n) is 3.51. The number of benzene rings is 1. The molecule has 0 aliphatic carbocycles. The van der Waals surface area contributed by atoms with Gasteiger partial charge in [0.15, 0.2) is 5.82 Å². The predicted octanol–water partition coefficient (Wildman–Crippen LogP) is 2.95. The Balaban J connectivity index is 2.56. The number of halogens is 2. The van der Waals surface area contributed by atoms with Crippen molar-refractivity contribution < 1.29 is 0 Å². The van der Waals surface area contributed by atoms with Crippen molar-refractivity contribution >= 4 is 31.9 Å². The molecule has 0 unspecified atom stereocenters. The Morgan fingerprint density at radius 3 is 2.65 bits per heavy atom. The molecule has 0 saturated heterocycles. The van der Waals surface area contributed by atoms with Crippen LogP contribution in [0.15, 0.2) is 27.1 Å². The van der Waals surface area contributed by atoms with Crippen LogP contribution < -0.4 is 5.73 Å². The number of rotatable bonds is 3. The summed E-state index contributed by atoms with van der Waals surface area (Å²) in [6, 6.07) is 5.98. The lowest BCUT2D eigenvalue weighted by molar-refractivity contribution is 0.704. The van der Waals surface area contributed by atoms with Crippen LogP contribution in [0.1, 0.15) is 12.7 Å². The fourth-order valence-electron chi connectivity index (χ4n) is 1.69. The summed E-state index contributed by atoms with van der Waals surface area (Å²) in [5.41, 5.74) is 6.65. The fourth-order valence-corrected chi connectivity index (χ4v) is 2.91. The van der Waals surface area contributed by atoms with E-state index < -0.39 is 0 Å². The van der Waals surface area contributed by atoms with E-state index in [4.69, 9.17) is 5.73 Å². The van der Waals surface area contributed by atoms with Gasteiger partial charge in [0.1, 0.15) is 5.82 Å². The standard InChI is InChI=1S/C11H12Br2N4/c1-2-17-10(6-14)15-16-11(17)8-4-3-7(12)5-9(8)13/h3-5H,2,6,14H2,1H3. The second-order valence-corrected chi connectivity index (χ2v) is 5.28. The Labute approximate surface area is 116 Å². The molecule has 0 fully saturated rings. The van der Waals surface area contributed by atoms with Crippen LogP contribution in [0, 0.1) is 0 Å². The van der Waals surface area contributed by atoms with Gasteiger partial charge in [-0.3, -0.25) is 0 Å². The molecule has 1 aromatic heterocycles. The number of nitrogens with zero attached hydrogens (tertiary/aromatic N) is 3. The molecule has 0 bridgehead atoms. The van der Waals surface area contributed by atoms with Crippen molar-refractivity contribution in [2.75, 3.05) is 0 Å². The highest BCUT2D eigenvalue weighted by atomic mass is 79.9. The Hall–Kier alpha value is -0.720. The summed E-state index contributed by atoms with van der Waals surface area (Å²) in [5.74, 6) is 1.64. The summed E-state index contributed by atoms with van der Waals surface area (Å²) in [6.07, 6.45) is 0. The fraction of sp³-hybridized carbons (Fsp3) is 0.273. The summed E-state index contributed by atoms with van der Waals surface area (Å²) in [7, 11) is 0. The molecule has 0 aliphatic rings. The molecule has 0 aliphatic heterocycles. The summed E-state index contributed by atoms with van der Waals surface area (Å²) < 4.78 is 4.03. The lowest BCUT2D eigenvalue weighted by Gasteiger charge is -2.08. The third kappa shape index (κ3) is 2.43. The van der Waals surface area contributed by atoms with E-state index in [1.54, 1.807) is 0 Å². The van der Waals surface area contributed by atoms with Crippen LogP contribution in [-0.2, 0) is 13.1 Å². The van der Waals surface area contributed by atoms with Crippen molar-refractivity contribution in [1.82, 2.24) is 14.8 Å². The lowest BCUT2D eigenvalue weighted by atomic mass is 10.2. The molecule has 2 rings (SSSR count). The third-order valence-corrected chi connectivity index (χ3v) is 3.65. The van der Waals surface area contributed by atoms with E-state index in [0.29, 0.717) is 6.54 Å². The minimum absolute atomic E-state index is 0.398. The lowest BCUT2D eigenvalue weighted by Crippen LogP contribution is -2.08. The Morgan fingerprint density at radius 1 is 1.29 bits per heavy atom. The molecular weight excluding hydrogens is 348 g/mol. The van der Waals surface area contributed by atoms with Crippen LogP contribution in [0.25, 0.3) is 11.4 Å². The minimum atomic E-state index is 0.398. The number of aromatic nitrogens is 3. The zero-order valence-electron chi connectivity index (χ0n) is 9.32. The molecule has 1 heterocycles. The molecule has 90 valence electrons. The topological polar surface area (TPSA) is 56.7 Å². The van der Waals surface area contributed by atoms with Gasteiger partial charge in [-0.05, 0) is 41.1 Å². The summed E-state index contributed by atoms with van der Waals surface area (Å²) in [4.78, 5) is 0.